The minimum absolute atomic E-state index is 0.0212. The molecule has 3 fully saturated rings. The maximum absolute atomic E-state index is 14.2. The Morgan fingerprint density at radius 2 is 1.91 bits per heavy atom. The monoisotopic (exact) mass is 477 g/mol. The molecule has 3 saturated heterocycles. The van der Waals surface area contributed by atoms with Crippen LogP contribution < -0.4 is 0 Å². The molecule has 3 amide bonds. The second-order valence-electron chi connectivity index (χ2n) is 10.5. The summed E-state index contributed by atoms with van der Waals surface area (Å²) in [6, 6.07) is -1.16. The van der Waals surface area contributed by atoms with Crippen molar-refractivity contribution in [3.8, 4) is 0 Å². The number of carbonyl (C=O) groups is 3. The summed E-state index contributed by atoms with van der Waals surface area (Å²) < 4.78 is -0.651. The lowest BCUT2D eigenvalue weighted by molar-refractivity contribution is -0.148. The van der Waals surface area contributed by atoms with E-state index in [-0.39, 0.29) is 29.6 Å². The molecule has 0 aromatic rings. The van der Waals surface area contributed by atoms with Crippen molar-refractivity contribution in [2.45, 2.75) is 74.6 Å². The van der Waals surface area contributed by atoms with Crippen LogP contribution in [0.25, 0.3) is 0 Å². The van der Waals surface area contributed by atoms with Crippen LogP contribution in [0, 0.1) is 11.8 Å². The molecule has 0 aromatic carbocycles. The van der Waals surface area contributed by atoms with Crippen LogP contribution >= 0.6 is 11.8 Å². The first-order chi connectivity index (χ1) is 15.5. The van der Waals surface area contributed by atoms with Gasteiger partial charge in [-0.25, -0.2) is 0 Å². The van der Waals surface area contributed by atoms with E-state index in [0.29, 0.717) is 25.9 Å². The molecular weight excluding hydrogens is 438 g/mol. The summed E-state index contributed by atoms with van der Waals surface area (Å²) in [5.41, 5.74) is -0.462. The van der Waals surface area contributed by atoms with Gasteiger partial charge in [-0.05, 0) is 40.0 Å². The normalized spacial score (nSPS) is 31.3. The summed E-state index contributed by atoms with van der Waals surface area (Å²) in [5, 5.41) is 10.2. The molecule has 184 valence electrons. The van der Waals surface area contributed by atoms with Crippen molar-refractivity contribution in [2.75, 3.05) is 26.7 Å². The zero-order valence-corrected chi connectivity index (χ0v) is 21.4. The number of rotatable bonds is 9. The number of carbonyl (C=O) groups excluding carboxylic acids is 3. The molecule has 3 aliphatic rings. The highest BCUT2D eigenvalue weighted by Gasteiger charge is 2.74. The van der Waals surface area contributed by atoms with Gasteiger partial charge in [-0.1, -0.05) is 19.1 Å². The van der Waals surface area contributed by atoms with Crippen LogP contribution in [0.4, 0.5) is 0 Å². The van der Waals surface area contributed by atoms with Crippen molar-refractivity contribution < 1.29 is 19.5 Å². The van der Waals surface area contributed by atoms with Gasteiger partial charge in [-0.3, -0.25) is 14.4 Å². The molecule has 3 heterocycles. The van der Waals surface area contributed by atoms with E-state index in [2.05, 4.69) is 13.2 Å². The van der Waals surface area contributed by atoms with Crippen molar-refractivity contribution in [1.82, 2.24) is 14.7 Å². The molecule has 0 aliphatic carbocycles. The Bertz CT molecular complexity index is 821. The lowest BCUT2D eigenvalue weighted by atomic mass is 9.70. The fraction of sp³-hybridized carbons (Fsp3) is 0.720. The second kappa shape index (κ2) is 9.45. The molecule has 6 atom stereocenters. The van der Waals surface area contributed by atoms with Crippen molar-refractivity contribution in [2.24, 2.45) is 11.8 Å². The molecule has 3 aliphatic heterocycles. The quantitative estimate of drug-likeness (QED) is 0.516. The number of amides is 3. The second-order valence-corrected chi connectivity index (χ2v) is 12.1. The van der Waals surface area contributed by atoms with Gasteiger partial charge >= 0.3 is 0 Å². The van der Waals surface area contributed by atoms with Crippen molar-refractivity contribution >= 4 is 29.5 Å². The van der Waals surface area contributed by atoms with Crippen LogP contribution in [-0.2, 0) is 14.4 Å². The molecule has 2 unspecified atom stereocenters. The van der Waals surface area contributed by atoms with Gasteiger partial charge in [0.25, 0.3) is 0 Å². The number of hydrogen-bond donors (Lipinski definition) is 1. The Hall–Kier alpha value is -1.80. The highest BCUT2D eigenvalue weighted by molar-refractivity contribution is 8.02. The summed E-state index contributed by atoms with van der Waals surface area (Å²) in [5.74, 6) is -1.36. The Labute approximate surface area is 202 Å². The topological polar surface area (TPSA) is 81.2 Å². The van der Waals surface area contributed by atoms with Gasteiger partial charge < -0.3 is 19.8 Å². The maximum Gasteiger partial charge on any atom is 0.247 e. The van der Waals surface area contributed by atoms with Gasteiger partial charge in [0.1, 0.15) is 6.04 Å². The lowest BCUT2D eigenvalue weighted by Crippen LogP contribution is -2.60. The van der Waals surface area contributed by atoms with E-state index in [1.807, 2.05) is 27.7 Å². The number of thioether (sulfide) groups is 1. The molecule has 0 radical (unpaired) electrons. The van der Waals surface area contributed by atoms with E-state index in [9.17, 15) is 19.5 Å². The van der Waals surface area contributed by atoms with E-state index in [1.54, 1.807) is 45.7 Å². The standard InChI is InChI=1S/C25H39N3O4S/c1-8-13-26(7)21(30)18-17-11-12-25(33-17)19(18)22(31)28(16(10-3)15-29)20(25)23(32)27(14-9-2)24(4,5)6/h8-9,16-20,29H,1-2,10-15H2,3-7H3/t16-,17+,18-,19-,20?,25?/m0/s1. The number of nitrogens with zero attached hydrogens (tertiary/aromatic N) is 3. The Morgan fingerprint density at radius 3 is 2.42 bits per heavy atom. The van der Waals surface area contributed by atoms with Gasteiger partial charge in [0, 0.05) is 30.9 Å². The summed E-state index contributed by atoms with van der Waals surface area (Å²) in [6.07, 6.45) is 5.44. The lowest BCUT2D eigenvalue weighted by Gasteiger charge is -2.43. The largest absolute Gasteiger partial charge is 0.394 e. The number of hydrogen-bond acceptors (Lipinski definition) is 5. The van der Waals surface area contributed by atoms with E-state index in [4.69, 9.17) is 0 Å². The average Bonchev–Trinajstić information content (AvgIpc) is 3.39. The number of aliphatic hydroxyl groups excluding tert-OH is 1. The first-order valence-electron chi connectivity index (χ1n) is 11.9. The first-order valence-corrected chi connectivity index (χ1v) is 12.8. The third-order valence-corrected chi connectivity index (χ3v) is 9.45. The van der Waals surface area contributed by atoms with Crippen LogP contribution in [0.1, 0.15) is 47.0 Å². The summed E-state index contributed by atoms with van der Waals surface area (Å²) in [7, 11) is 1.74. The van der Waals surface area contributed by atoms with Crippen molar-refractivity contribution in [1.29, 1.82) is 0 Å². The molecular formula is C25H39N3O4S. The minimum Gasteiger partial charge on any atom is -0.394 e. The number of aliphatic hydroxyl groups is 1. The third-order valence-electron chi connectivity index (χ3n) is 7.50. The summed E-state index contributed by atoms with van der Waals surface area (Å²) in [6.45, 7) is 16.0. The van der Waals surface area contributed by atoms with E-state index in [1.165, 1.54) is 0 Å². The van der Waals surface area contributed by atoms with Gasteiger partial charge in [0.15, 0.2) is 0 Å². The predicted octanol–water partition coefficient (Wildman–Crippen LogP) is 2.31. The Morgan fingerprint density at radius 1 is 1.27 bits per heavy atom. The maximum atomic E-state index is 14.2. The van der Waals surface area contributed by atoms with Crippen LogP contribution in [-0.4, -0.2) is 91.9 Å². The van der Waals surface area contributed by atoms with Crippen LogP contribution in [0.2, 0.25) is 0 Å². The van der Waals surface area contributed by atoms with Crippen LogP contribution in [0.15, 0.2) is 25.3 Å². The molecule has 3 rings (SSSR count). The molecule has 7 nitrogen and oxygen atoms in total. The van der Waals surface area contributed by atoms with Crippen LogP contribution in [0.3, 0.4) is 0 Å². The zero-order chi connectivity index (χ0) is 24.7. The van der Waals surface area contributed by atoms with Crippen LogP contribution in [0.5, 0.6) is 0 Å². The number of likely N-dealkylation sites (tertiary alicyclic amines) is 1. The van der Waals surface area contributed by atoms with E-state index < -0.39 is 34.2 Å². The predicted molar refractivity (Wildman–Crippen MR) is 132 cm³/mol. The first kappa shape index (κ1) is 25.8. The van der Waals surface area contributed by atoms with E-state index in [0.717, 1.165) is 6.42 Å². The fourth-order valence-corrected chi connectivity index (χ4v) is 8.16. The smallest absolute Gasteiger partial charge is 0.247 e. The fourth-order valence-electron chi connectivity index (χ4n) is 5.97. The minimum atomic E-state index is -0.705. The SMILES string of the molecule is C=CCN(C)C(=O)[C@@H]1[C@H]2C(=O)N([C@@H](CC)CO)C(C(=O)N(CC=C)C(C)(C)C)C23CC[C@H]1S3. The number of likely N-dealkylation sites (N-methyl/N-ethyl adjacent to an activating group) is 1. The van der Waals surface area contributed by atoms with Crippen molar-refractivity contribution in [3.63, 3.8) is 0 Å². The Kier molecular flexibility index (Phi) is 7.39. The molecule has 2 bridgehead atoms. The van der Waals surface area contributed by atoms with Gasteiger partial charge in [0.05, 0.1) is 29.2 Å². The summed E-state index contributed by atoms with van der Waals surface area (Å²) >= 11 is 1.66. The molecule has 8 heteroatoms. The zero-order valence-electron chi connectivity index (χ0n) is 20.6. The number of fused-ring (bicyclic) bond motifs is 1. The summed E-state index contributed by atoms with van der Waals surface area (Å²) in [4.78, 5) is 46.7. The highest BCUT2D eigenvalue weighted by Crippen LogP contribution is 2.67. The molecule has 1 spiro atoms. The molecule has 0 aromatic heterocycles. The van der Waals surface area contributed by atoms with E-state index >= 15 is 0 Å². The molecule has 0 saturated carbocycles. The molecule has 1 N–H and O–H groups in total. The highest BCUT2D eigenvalue weighted by atomic mass is 32.2. The van der Waals surface area contributed by atoms with Gasteiger partial charge in [0.2, 0.25) is 17.7 Å². The third kappa shape index (κ3) is 4.03. The molecule has 33 heavy (non-hydrogen) atoms. The van der Waals surface area contributed by atoms with Crippen molar-refractivity contribution in [3.05, 3.63) is 25.3 Å². The average molecular weight is 478 g/mol. The Balaban J connectivity index is 2.11. The van der Waals surface area contributed by atoms with Gasteiger partial charge in [-0.15, -0.1) is 24.9 Å². The van der Waals surface area contributed by atoms with Gasteiger partial charge in [-0.2, -0.15) is 0 Å².